The fourth-order valence-electron chi connectivity index (χ4n) is 1.62. The Labute approximate surface area is 106 Å². The summed E-state index contributed by atoms with van der Waals surface area (Å²) < 4.78 is 0. The molecule has 4 nitrogen and oxygen atoms in total. The molecular weight excluding hydrogens is 228 g/mol. The molecule has 4 heteroatoms. The van der Waals surface area contributed by atoms with Crippen LogP contribution in [0.4, 0.5) is 5.82 Å². The highest BCUT2D eigenvalue weighted by Crippen LogP contribution is 2.17. The normalized spacial score (nSPS) is 10.1. The SMILES string of the molecule is CN(C(=O)Cc1ccccc1O)c1ccccn1. The first-order valence-corrected chi connectivity index (χ1v) is 5.63. The molecule has 0 saturated heterocycles. The molecule has 2 rings (SSSR count). The van der Waals surface area contributed by atoms with E-state index in [0.717, 1.165) is 0 Å². The molecular formula is C14H14N2O2. The Morgan fingerprint density at radius 1 is 1.22 bits per heavy atom. The van der Waals surface area contributed by atoms with Crippen LogP contribution in [0.25, 0.3) is 0 Å². The number of rotatable bonds is 3. The molecule has 0 radical (unpaired) electrons. The largest absolute Gasteiger partial charge is 0.508 e. The summed E-state index contributed by atoms with van der Waals surface area (Å²) in [5.41, 5.74) is 0.616. The Balaban J connectivity index is 2.12. The predicted octanol–water partition coefficient (Wildman–Crippen LogP) is 1.99. The topological polar surface area (TPSA) is 53.4 Å². The van der Waals surface area contributed by atoms with Gasteiger partial charge in [-0.15, -0.1) is 0 Å². The number of nitrogens with zero attached hydrogens (tertiary/aromatic N) is 2. The van der Waals surface area contributed by atoms with Crippen molar-refractivity contribution in [3.05, 3.63) is 54.2 Å². The molecule has 0 aliphatic rings. The molecule has 0 aliphatic carbocycles. The number of anilines is 1. The second kappa shape index (κ2) is 5.31. The fourth-order valence-corrected chi connectivity index (χ4v) is 1.62. The molecule has 0 bridgehead atoms. The number of para-hydroxylation sites is 1. The Morgan fingerprint density at radius 3 is 2.61 bits per heavy atom. The Bertz CT molecular complexity index is 541. The first-order valence-electron chi connectivity index (χ1n) is 5.63. The number of amides is 1. The molecule has 0 fully saturated rings. The summed E-state index contributed by atoms with van der Waals surface area (Å²) in [5.74, 6) is 0.619. The molecule has 92 valence electrons. The van der Waals surface area contributed by atoms with Crippen LogP contribution in [0.2, 0.25) is 0 Å². The van der Waals surface area contributed by atoms with Crippen LogP contribution in [-0.4, -0.2) is 23.0 Å². The number of phenolic OH excluding ortho intramolecular Hbond substituents is 1. The highest BCUT2D eigenvalue weighted by Gasteiger charge is 2.13. The molecule has 18 heavy (non-hydrogen) atoms. The fraction of sp³-hybridized carbons (Fsp3) is 0.143. The third-order valence-electron chi connectivity index (χ3n) is 2.70. The van der Waals surface area contributed by atoms with Gasteiger partial charge in [0.1, 0.15) is 11.6 Å². The van der Waals surface area contributed by atoms with E-state index in [1.165, 1.54) is 4.90 Å². The monoisotopic (exact) mass is 242 g/mol. The van der Waals surface area contributed by atoms with Crippen molar-refractivity contribution >= 4 is 11.7 Å². The van der Waals surface area contributed by atoms with E-state index in [1.807, 2.05) is 6.07 Å². The zero-order valence-corrected chi connectivity index (χ0v) is 10.1. The van der Waals surface area contributed by atoms with Crippen molar-refractivity contribution in [1.82, 2.24) is 4.98 Å². The van der Waals surface area contributed by atoms with Gasteiger partial charge in [-0.3, -0.25) is 9.69 Å². The number of phenols is 1. The van der Waals surface area contributed by atoms with Gasteiger partial charge in [0, 0.05) is 18.8 Å². The van der Waals surface area contributed by atoms with Gasteiger partial charge in [0.05, 0.1) is 6.42 Å². The number of benzene rings is 1. The van der Waals surface area contributed by atoms with E-state index in [2.05, 4.69) is 4.98 Å². The van der Waals surface area contributed by atoms with Crippen LogP contribution in [0.5, 0.6) is 5.75 Å². The number of pyridine rings is 1. The van der Waals surface area contributed by atoms with Crippen molar-refractivity contribution in [2.75, 3.05) is 11.9 Å². The summed E-state index contributed by atoms with van der Waals surface area (Å²) in [6.45, 7) is 0. The number of aromatic hydroxyl groups is 1. The molecule has 2 aromatic rings. The van der Waals surface area contributed by atoms with E-state index in [1.54, 1.807) is 49.6 Å². The highest BCUT2D eigenvalue weighted by molar-refractivity contribution is 5.93. The zero-order chi connectivity index (χ0) is 13.0. The van der Waals surface area contributed by atoms with Gasteiger partial charge in [0.25, 0.3) is 0 Å². The van der Waals surface area contributed by atoms with Crippen LogP contribution in [0, 0.1) is 0 Å². The van der Waals surface area contributed by atoms with E-state index < -0.39 is 0 Å². The summed E-state index contributed by atoms with van der Waals surface area (Å²) in [4.78, 5) is 17.6. The van der Waals surface area contributed by atoms with Crippen molar-refractivity contribution in [3.63, 3.8) is 0 Å². The van der Waals surface area contributed by atoms with Crippen LogP contribution in [0.15, 0.2) is 48.7 Å². The van der Waals surface area contributed by atoms with Gasteiger partial charge in [-0.05, 0) is 18.2 Å². The van der Waals surface area contributed by atoms with Crippen LogP contribution in [0.1, 0.15) is 5.56 Å². The van der Waals surface area contributed by atoms with Gasteiger partial charge in [0.15, 0.2) is 0 Å². The lowest BCUT2D eigenvalue weighted by atomic mass is 10.1. The summed E-state index contributed by atoms with van der Waals surface area (Å²) in [6.07, 6.45) is 1.79. The lowest BCUT2D eigenvalue weighted by Crippen LogP contribution is -2.28. The van der Waals surface area contributed by atoms with Gasteiger partial charge in [0.2, 0.25) is 5.91 Å². The van der Waals surface area contributed by atoms with Gasteiger partial charge < -0.3 is 5.11 Å². The quantitative estimate of drug-likeness (QED) is 0.895. The maximum atomic E-state index is 12.0. The summed E-state index contributed by atoms with van der Waals surface area (Å²) in [6, 6.07) is 12.2. The minimum atomic E-state index is -0.116. The maximum Gasteiger partial charge on any atom is 0.232 e. The average molecular weight is 242 g/mol. The lowest BCUT2D eigenvalue weighted by Gasteiger charge is -2.16. The Kier molecular flexibility index (Phi) is 3.57. The number of hydrogen-bond acceptors (Lipinski definition) is 3. The average Bonchev–Trinajstić information content (AvgIpc) is 2.41. The number of carbonyl (C=O) groups is 1. The van der Waals surface area contributed by atoms with Gasteiger partial charge in [-0.2, -0.15) is 0 Å². The molecule has 0 aliphatic heterocycles. The first-order chi connectivity index (χ1) is 8.68. The zero-order valence-electron chi connectivity index (χ0n) is 10.1. The van der Waals surface area contributed by atoms with Crippen molar-refractivity contribution in [1.29, 1.82) is 0 Å². The molecule has 0 unspecified atom stereocenters. The number of carbonyl (C=O) groups excluding carboxylic acids is 1. The van der Waals surface area contributed by atoms with Crippen molar-refractivity contribution in [2.24, 2.45) is 0 Å². The number of likely N-dealkylation sites (N-methyl/N-ethyl adjacent to an activating group) is 1. The van der Waals surface area contributed by atoms with E-state index in [0.29, 0.717) is 11.4 Å². The molecule has 0 atom stereocenters. The van der Waals surface area contributed by atoms with Crippen LogP contribution >= 0.6 is 0 Å². The van der Waals surface area contributed by atoms with E-state index >= 15 is 0 Å². The predicted molar refractivity (Wildman–Crippen MR) is 69.5 cm³/mol. The van der Waals surface area contributed by atoms with Crippen LogP contribution < -0.4 is 4.90 Å². The third-order valence-corrected chi connectivity index (χ3v) is 2.70. The van der Waals surface area contributed by atoms with E-state index in [-0.39, 0.29) is 18.1 Å². The second-order valence-electron chi connectivity index (χ2n) is 3.95. The molecule has 0 spiro atoms. The maximum absolute atomic E-state index is 12.0. The lowest BCUT2D eigenvalue weighted by molar-refractivity contribution is -0.117. The molecule has 1 heterocycles. The minimum Gasteiger partial charge on any atom is -0.508 e. The molecule has 1 N–H and O–H groups in total. The highest BCUT2D eigenvalue weighted by atomic mass is 16.3. The molecule has 0 saturated carbocycles. The van der Waals surface area contributed by atoms with Crippen molar-refractivity contribution < 1.29 is 9.90 Å². The second-order valence-corrected chi connectivity index (χ2v) is 3.95. The summed E-state index contributed by atoms with van der Waals surface area (Å²) in [7, 11) is 1.67. The van der Waals surface area contributed by atoms with Gasteiger partial charge in [-0.1, -0.05) is 24.3 Å². The van der Waals surface area contributed by atoms with Crippen LogP contribution in [-0.2, 0) is 11.2 Å². The molecule has 1 aromatic heterocycles. The summed E-state index contributed by atoms with van der Waals surface area (Å²) >= 11 is 0. The summed E-state index contributed by atoms with van der Waals surface area (Å²) in [5, 5.41) is 9.63. The Morgan fingerprint density at radius 2 is 1.94 bits per heavy atom. The number of aromatic nitrogens is 1. The Hall–Kier alpha value is -2.36. The minimum absolute atomic E-state index is 0.116. The smallest absolute Gasteiger partial charge is 0.232 e. The van der Waals surface area contributed by atoms with Crippen LogP contribution in [0.3, 0.4) is 0 Å². The van der Waals surface area contributed by atoms with Crippen molar-refractivity contribution in [2.45, 2.75) is 6.42 Å². The van der Waals surface area contributed by atoms with E-state index in [9.17, 15) is 9.90 Å². The number of hydrogen-bond donors (Lipinski definition) is 1. The van der Waals surface area contributed by atoms with E-state index in [4.69, 9.17) is 0 Å². The van der Waals surface area contributed by atoms with Gasteiger partial charge in [-0.25, -0.2) is 4.98 Å². The molecule has 1 amide bonds. The van der Waals surface area contributed by atoms with Crippen molar-refractivity contribution in [3.8, 4) is 5.75 Å². The standard InChI is InChI=1S/C14H14N2O2/c1-16(13-8-4-5-9-15-13)14(18)10-11-6-2-3-7-12(11)17/h2-9,17H,10H2,1H3. The third kappa shape index (κ3) is 2.66. The first kappa shape index (κ1) is 12.1. The van der Waals surface area contributed by atoms with Gasteiger partial charge >= 0.3 is 0 Å². The molecule has 1 aromatic carbocycles.